The number of carbonyl (C=O) groups excluding carboxylic acids is 2. The molecule has 0 spiro atoms. The molecule has 2 amide bonds. The molecular formula is C20H28N2O7S. The Balaban J connectivity index is 1.70. The first kappa shape index (κ1) is 22.4. The standard InChI is InChI=1S/C20H28N2O7S/c1-20(2,3)29-18(23)21-9-5-6-14-10-16(8-7-15(14)11-21)22-12-17(28-19(22)24)13-27-30(4,25)26/h7-8,10,17H,5-6,9,11-13H2,1-4H3/t17-/m1/s1. The fourth-order valence-corrected chi connectivity index (χ4v) is 3.81. The van der Waals surface area contributed by atoms with Gasteiger partial charge in [-0.05, 0) is 56.9 Å². The van der Waals surface area contributed by atoms with Crippen molar-refractivity contribution in [3.63, 3.8) is 0 Å². The lowest BCUT2D eigenvalue weighted by Gasteiger charge is -2.26. The number of benzene rings is 1. The lowest BCUT2D eigenvalue weighted by molar-refractivity contribution is 0.0236. The first-order valence-electron chi connectivity index (χ1n) is 9.83. The second-order valence-corrected chi connectivity index (χ2v) is 10.2. The number of rotatable bonds is 4. The zero-order valence-corrected chi connectivity index (χ0v) is 18.5. The van der Waals surface area contributed by atoms with Crippen molar-refractivity contribution in [1.29, 1.82) is 0 Å². The molecule has 1 atom stereocenters. The number of ether oxygens (including phenoxy) is 2. The molecule has 10 heteroatoms. The molecule has 3 rings (SSSR count). The molecule has 1 aromatic carbocycles. The van der Waals surface area contributed by atoms with Gasteiger partial charge in [0.2, 0.25) is 0 Å². The van der Waals surface area contributed by atoms with Crippen LogP contribution in [0, 0.1) is 0 Å². The van der Waals surface area contributed by atoms with E-state index < -0.39 is 27.9 Å². The van der Waals surface area contributed by atoms with Crippen molar-refractivity contribution in [2.45, 2.75) is 51.9 Å². The second kappa shape index (κ2) is 8.43. The van der Waals surface area contributed by atoms with Crippen LogP contribution in [-0.4, -0.2) is 63.2 Å². The molecule has 0 N–H and O–H groups in total. The van der Waals surface area contributed by atoms with Gasteiger partial charge >= 0.3 is 12.2 Å². The topological polar surface area (TPSA) is 102 Å². The molecular weight excluding hydrogens is 412 g/mol. The first-order valence-corrected chi connectivity index (χ1v) is 11.7. The van der Waals surface area contributed by atoms with Crippen molar-refractivity contribution in [2.24, 2.45) is 0 Å². The summed E-state index contributed by atoms with van der Waals surface area (Å²) in [5.74, 6) is 0. The molecule has 0 aromatic heterocycles. The van der Waals surface area contributed by atoms with Crippen LogP contribution in [0.1, 0.15) is 38.3 Å². The fraction of sp³-hybridized carbons (Fsp3) is 0.600. The predicted molar refractivity (Wildman–Crippen MR) is 110 cm³/mol. The maximum Gasteiger partial charge on any atom is 0.414 e. The number of amides is 2. The van der Waals surface area contributed by atoms with Gasteiger partial charge in [-0.2, -0.15) is 8.42 Å². The predicted octanol–water partition coefficient (Wildman–Crippen LogP) is 2.67. The molecule has 166 valence electrons. The summed E-state index contributed by atoms with van der Waals surface area (Å²) in [5.41, 5.74) is 2.18. The Morgan fingerprint density at radius 2 is 2.00 bits per heavy atom. The molecule has 2 aliphatic rings. The Morgan fingerprint density at radius 3 is 2.67 bits per heavy atom. The Labute approximate surface area is 177 Å². The Bertz CT molecular complexity index is 924. The average Bonchev–Trinajstić information content (AvgIpc) is 2.85. The average molecular weight is 441 g/mol. The highest BCUT2D eigenvalue weighted by Crippen LogP contribution is 2.28. The van der Waals surface area contributed by atoms with Crippen molar-refractivity contribution < 1.29 is 31.7 Å². The molecule has 0 bridgehead atoms. The summed E-state index contributed by atoms with van der Waals surface area (Å²) >= 11 is 0. The fourth-order valence-electron chi connectivity index (χ4n) is 3.41. The molecule has 2 aliphatic heterocycles. The third-order valence-electron chi connectivity index (χ3n) is 4.73. The number of fused-ring (bicyclic) bond motifs is 1. The minimum atomic E-state index is -3.60. The van der Waals surface area contributed by atoms with Crippen molar-refractivity contribution in [1.82, 2.24) is 4.90 Å². The maximum atomic E-state index is 12.4. The molecule has 1 aromatic rings. The molecule has 2 heterocycles. The van der Waals surface area contributed by atoms with Gasteiger partial charge in [0, 0.05) is 18.8 Å². The summed E-state index contributed by atoms with van der Waals surface area (Å²) in [7, 11) is -3.60. The molecule has 30 heavy (non-hydrogen) atoms. The number of hydrogen-bond acceptors (Lipinski definition) is 7. The van der Waals surface area contributed by atoms with Crippen LogP contribution in [0.2, 0.25) is 0 Å². The Hall–Kier alpha value is -2.33. The molecule has 0 saturated carbocycles. The lowest BCUT2D eigenvalue weighted by atomic mass is 10.0. The summed E-state index contributed by atoms with van der Waals surface area (Å²) in [5, 5.41) is 0. The van der Waals surface area contributed by atoms with E-state index in [0.717, 1.165) is 30.2 Å². The van der Waals surface area contributed by atoms with Crippen LogP contribution in [0.4, 0.5) is 15.3 Å². The van der Waals surface area contributed by atoms with Crippen LogP contribution < -0.4 is 4.90 Å². The highest BCUT2D eigenvalue weighted by molar-refractivity contribution is 7.85. The molecule has 1 saturated heterocycles. The molecule has 0 radical (unpaired) electrons. The maximum absolute atomic E-state index is 12.4. The van der Waals surface area contributed by atoms with Crippen LogP contribution >= 0.6 is 0 Å². The van der Waals surface area contributed by atoms with Gasteiger partial charge in [-0.3, -0.25) is 9.08 Å². The minimum absolute atomic E-state index is 0.206. The van der Waals surface area contributed by atoms with E-state index in [-0.39, 0.29) is 19.2 Å². The van der Waals surface area contributed by atoms with Crippen LogP contribution in [0.5, 0.6) is 0 Å². The third kappa shape index (κ3) is 5.85. The SMILES string of the molecule is CC(C)(C)OC(=O)N1CCCc2cc(N3C[C@H](COS(C)(=O)=O)OC3=O)ccc2C1. The van der Waals surface area contributed by atoms with E-state index in [2.05, 4.69) is 0 Å². The monoisotopic (exact) mass is 440 g/mol. The summed E-state index contributed by atoms with van der Waals surface area (Å²) < 4.78 is 37.7. The number of carbonyl (C=O) groups is 2. The largest absolute Gasteiger partial charge is 0.444 e. The number of anilines is 1. The van der Waals surface area contributed by atoms with E-state index in [0.29, 0.717) is 18.8 Å². The second-order valence-electron chi connectivity index (χ2n) is 8.56. The third-order valence-corrected chi connectivity index (χ3v) is 5.29. The summed E-state index contributed by atoms with van der Waals surface area (Å²) in [4.78, 5) is 27.9. The lowest BCUT2D eigenvalue weighted by Crippen LogP contribution is -2.36. The molecule has 9 nitrogen and oxygen atoms in total. The zero-order valence-electron chi connectivity index (χ0n) is 17.7. The first-order chi connectivity index (χ1) is 13.9. The zero-order chi connectivity index (χ0) is 22.1. The van der Waals surface area contributed by atoms with Crippen molar-refractivity contribution in [3.05, 3.63) is 29.3 Å². The van der Waals surface area contributed by atoms with E-state index in [1.807, 2.05) is 32.9 Å². The van der Waals surface area contributed by atoms with E-state index in [1.165, 1.54) is 4.90 Å². The van der Waals surface area contributed by atoms with Gasteiger partial charge in [0.25, 0.3) is 10.1 Å². The Kier molecular flexibility index (Phi) is 6.28. The van der Waals surface area contributed by atoms with Crippen molar-refractivity contribution in [3.8, 4) is 0 Å². The summed E-state index contributed by atoms with van der Waals surface area (Å²) in [6.45, 7) is 6.55. The van der Waals surface area contributed by atoms with Gasteiger partial charge < -0.3 is 14.4 Å². The van der Waals surface area contributed by atoms with E-state index in [4.69, 9.17) is 13.7 Å². The highest BCUT2D eigenvalue weighted by atomic mass is 32.2. The minimum Gasteiger partial charge on any atom is -0.444 e. The van der Waals surface area contributed by atoms with E-state index in [1.54, 1.807) is 11.0 Å². The Morgan fingerprint density at radius 1 is 1.27 bits per heavy atom. The van der Waals surface area contributed by atoms with Gasteiger partial charge in [-0.1, -0.05) is 6.07 Å². The van der Waals surface area contributed by atoms with Crippen LogP contribution in [0.25, 0.3) is 0 Å². The van der Waals surface area contributed by atoms with Gasteiger partial charge in [0.15, 0.2) is 0 Å². The molecule has 0 aliphatic carbocycles. The van der Waals surface area contributed by atoms with Crippen LogP contribution in [-0.2, 0) is 36.7 Å². The molecule has 1 fully saturated rings. The number of aryl methyl sites for hydroxylation is 1. The van der Waals surface area contributed by atoms with Gasteiger partial charge in [0.05, 0.1) is 12.8 Å². The van der Waals surface area contributed by atoms with Crippen molar-refractivity contribution in [2.75, 3.05) is 30.9 Å². The van der Waals surface area contributed by atoms with Gasteiger partial charge in [-0.25, -0.2) is 9.59 Å². The molecule has 0 unspecified atom stereocenters. The smallest absolute Gasteiger partial charge is 0.414 e. The normalized spacial score (nSPS) is 19.9. The number of hydrogen-bond donors (Lipinski definition) is 0. The number of nitrogens with zero attached hydrogens (tertiary/aromatic N) is 2. The van der Waals surface area contributed by atoms with Crippen LogP contribution in [0.3, 0.4) is 0 Å². The highest BCUT2D eigenvalue weighted by Gasteiger charge is 2.34. The van der Waals surface area contributed by atoms with Gasteiger partial charge in [-0.15, -0.1) is 0 Å². The number of cyclic esters (lactones) is 1. The van der Waals surface area contributed by atoms with Crippen LogP contribution in [0.15, 0.2) is 18.2 Å². The van der Waals surface area contributed by atoms with Crippen molar-refractivity contribution >= 4 is 28.0 Å². The van der Waals surface area contributed by atoms with E-state index >= 15 is 0 Å². The summed E-state index contributed by atoms with van der Waals surface area (Å²) in [6, 6.07) is 5.63. The quantitative estimate of drug-likeness (QED) is 0.663. The van der Waals surface area contributed by atoms with Gasteiger partial charge in [0.1, 0.15) is 18.3 Å². The summed E-state index contributed by atoms with van der Waals surface area (Å²) in [6.07, 6.45) is 0.969. The van der Waals surface area contributed by atoms with E-state index in [9.17, 15) is 18.0 Å².